The van der Waals surface area contributed by atoms with Crippen LogP contribution in [0.15, 0.2) is 118 Å². The van der Waals surface area contributed by atoms with Crippen LogP contribution in [0.1, 0.15) is 53.0 Å². The number of para-hydroxylation sites is 6. The number of fused-ring (bicyclic) bond motifs is 3. The quantitative estimate of drug-likeness (QED) is 0.0936. The molecule has 7 aromatic rings. The van der Waals surface area contributed by atoms with Gasteiger partial charge in [-0.15, -0.1) is 0 Å². The summed E-state index contributed by atoms with van der Waals surface area (Å²) in [6.07, 6.45) is 1.40. The first-order chi connectivity index (χ1) is 40.0. The number of anilines is 8. The third-order valence-electron chi connectivity index (χ3n) is 14.5. The Morgan fingerprint density at radius 1 is 0.518 bits per heavy atom. The van der Waals surface area contributed by atoms with Gasteiger partial charge in [0.2, 0.25) is 41.4 Å². The van der Waals surface area contributed by atoms with Crippen molar-refractivity contribution in [3.8, 4) is 11.4 Å². The van der Waals surface area contributed by atoms with E-state index >= 15 is 0 Å². The van der Waals surface area contributed by atoms with Gasteiger partial charge in [-0.1, -0.05) is 66.7 Å². The monoisotopic (exact) mass is 1130 g/mol. The van der Waals surface area contributed by atoms with Crippen LogP contribution in [0.2, 0.25) is 0 Å². The molecule has 0 spiro atoms. The molecule has 83 heavy (non-hydrogen) atoms. The molecule has 23 heteroatoms. The zero-order valence-electron chi connectivity index (χ0n) is 47.0. The van der Waals surface area contributed by atoms with E-state index in [0.717, 1.165) is 23.5 Å². The van der Waals surface area contributed by atoms with Crippen LogP contribution >= 0.6 is 0 Å². The van der Waals surface area contributed by atoms with E-state index in [9.17, 15) is 38.4 Å². The number of hydrogen-bond acceptors (Lipinski definition) is 15. The van der Waals surface area contributed by atoms with Crippen LogP contribution in [0.25, 0.3) is 11.4 Å². The Morgan fingerprint density at radius 3 is 1.47 bits per heavy atom. The largest absolute Gasteiger partial charge is 0.382 e. The third kappa shape index (κ3) is 13.9. The number of nitrogens with one attached hydrogen (secondary N) is 6. The van der Waals surface area contributed by atoms with Gasteiger partial charge < -0.3 is 50.2 Å². The van der Waals surface area contributed by atoms with E-state index in [1.165, 1.54) is 9.80 Å². The van der Waals surface area contributed by atoms with E-state index in [2.05, 4.69) is 45.9 Å². The van der Waals surface area contributed by atoms with Crippen LogP contribution in [-0.2, 0) is 48.0 Å². The lowest BCUT2D eigenvalue weighted by molar-refractivity contribution is -0.121. The summed E-state index contributed by atoms with van der Waals surface area (Å²) in [5.41, 5.74) is 8.00. The molecule has 1 saturated heterocycles. The summed E-state index contributed by atoms with van der Waals surface area (Å²) in [6, 6.07) is 31.5. The molecule has 0 atom stereocenters. The van der Waals surface area contributed by atoms with Crippen molar-refractivity contribution in [2.75, 3.05) is 107 Å². The predicted molar refractivity (Wildman–Crippen MR) is 319 cm³/mol. The maximum atomic E-state index is 12.8. The van der Waals surface area contributed by atoms with E-state index < -0.39 is 0 Å². The lowest BCUT2D eigenvalue weighted by atomic mass is 10.1. The van der Waals surface area contributed by atoms with Crippen LogP contribution in [0.3, 0.4) is 0 Å². The number of nitrogens with zero attached hydrogens (tertiary/aromatic N) is 8. The number of rotatable bonds is 12. The second kappa shape index (κ2) is 26.2. The first-order valence-corrected chi connectivity index (χ1v) is 27.4. The highest BCUT2D eigenvalue weighted by Crippen LogP contribution is 2.32. The minimum absolute atomic E-state index is 0.0185. The molecular weight excluding hydrogens is 1060 g/mol. The average molecular weight is 1130 g/mol. The van der Waals surface area contributed by atoms with Crippen molar-refractivity contribution in [3.63, 3.8) is 0 Å². The normalized spacial score (nSPS) is 14.2. The first-order valence-electron chi connectivity index (χ1n) is 27.4. The van der Waals surface area contributed by atoms with Crippen molar-refractivity contribution in [2.45, 2.75) is 59.3 Å². The third-order valence-corrected chi connectivity index (χ3v) is 14.5. The van der Waals surface area contributed by atoms with Crippen LogP contribution in [0, 0.1) is 20.8 Å². The number of amides is 5. The fourth-order valence-corrected chi connectivity index (χ4v) is 10.1. The highest BCUT2D eigenvalue weighted by Gasteiger charge is 2.29. The molecule has 430 valence electrons. The lowest BCUT2D eigenvalue weighted by Crippen LogP contribution is -2.42. The van der Waals surface area contributed by atoms with Gasteiger partial charge in [0.1, 0.15) is 18.9 Å². The van der Waals surface area contributed by atoms with Crippen LogP contribution in [-0.4, -0.2) is 126 Å². The Labute approximate surface area is 478 Å². The predicted octanol–water partition coefficient (Wildman–Crippen LogP) is 5.03. The highest BCUT2D eigenvalue weighted by molar-refractivity contribution is 6.11. The molecule has 3 aromatic heterocycles. The van der Waals surface area contributed by atoms with Crippen molar-refractivity contribution in [2.24, 2.45) is 0 Å². The number of morpholine rings is 1. The number of carbonyl (C=O) groups is 5. The molecule has 5 amide bonds. The van der Waals surface area contributed by atoms with Crippen molar-refractivity contribution in [1.29, 1.82) is 0 Å². The van der Waals surface area contributed by atoms with E-state index in [4.69, 9.17) is 4.74 Å². The maximum Gasteiger partial charge on any atom is 0.255 e. The summed E-state index contributed by atoms with van der Waals surface area (Å²) in [5.74, 6) is 0.694. The number of benzene rings is 4. The van der Waals surface area contributed by atoms with Crippen LogP contribution in [0.4, 0.5) is 46.0 Å². The smallest absolute Gasteiger partial charge is 0.255 e. The van der Waals surface area contributed by atoms with Crippen LogP contribution < -0.4 is 57.1 Å². The van der Waals surface area contributed by atoms with E-state index in [1.54, 1.807) is 74.1 Å². The topological polar surface area (TPSA) is 284 Å². The summed E-state index contributed by atoms with van der Waals surface area (Å²) in [7, 11) is 3.58. The second-order valence-electron chi connectivity index (χ2n) is 20.3. The lowest BCUT2D eigenvalue weighted by Gasteiger charge is -2.30. The molecule has 0 aliphatic carbocycles. The summed E-state index contributed by atoms with van der Waals surface area (Å²) < 4.78 is 5.34. The second-order valence-corrected chi connectivity index (χ2v) is 20.3. The van der Waals surface area contributed by atoms with Gasteiger partial charge in [0.25, 0.3) is 16.7 Å². The number of ether oxygens (including phenoxy) is 1. The standard InChI is InChI=1S/C22H20N4O3.C20H25N5O3.C18H21N5O3/c1-14-16(22(29)25-21(23-14)15-7-3-2-4-8-15)11-12-20(28)26-13-19(27)24-17-9-5-6-10-18(17)26;1-14-15(19(27)23-20(22-14)24-10-12-28-13-11-24)6-7-18(26)25-9-8-21-16-4-2-3-5-17(16)25;1-11-12(17(26)21-18(19-11)22(2)3)8-9-16(25)23-10-15(24)20-13-6-4-5-7-14(13)23/h2-10H,11-13H2,1H3,(H,24,27)(H,23,25,29);2-5,21H,6-13H2,1H3,(H,22,23,27);4-7H,8-10H2,1-3H3,(H,20,24)(H,19,21,26). The van der Waals surface area contributed by atoms with Crippen molar-refractivity contribution in [3.05, 3.63) is 168 Å². The van der Waals surface area contributed by atoms with Gasteiger partial charge in [0, 0.05) is 98.9 Å². The van der Waals surface area contributed by atoms with Gasteiger partial charge in [0.15, 0.2) is 0 Å². The minimum atomic E-state index is -0.249. The van der Waals surface area contributed by atoms with Gasteiger partial charge in [-0.2, -0.15) is 0 Å². The van der Waals surface area contributed by atoms with Gasteiger partial charge in [-0.3, -0.25) is 48.3 Å². The Hall–Kier alpha value is -9.77. The van der Waals surface area contributed by atoms with Gasteiger partial charge >= 0.3 is 0 Å². The summed E-state index contributed by atoms with van der Waals surface area (Å²) in [6.45, 7) is 9.33. The number of aryl methyl sites for hydroxylation is 3. The van der Waals surface area contributed by atoms with E-state index in [0.29, 0.717) is 114 Å². The zero-order chi connectivity index (χ0) is 58.7. The maximum absolute atomic E-state index is 12.8. The molecule has 11 rings (SSSR count). The Balaban J connectivity index is 0.000000150. The van der Waals surface area contributed by atoms with Crippen LogP contribution in [0.5, 0.6) is 0 Å². The molecule has 4 aliphatic rings. The Bertz CT molecular complexity index is 3740. The first kappa shape index (κ1) is 57.9. The van der Waals surface area contributed by atoms with Gasteiger partial charge in [-0.25, -0.2) is 15.0 Å². The molecule has 0 radical (unpaired) electrons. The SMILES string of the molecule is Cc1nc(-c2ccccc2)[nH]c(=O)c1CCC(=O)N1CC(=O)Nc2ccccc21.Cc1nc(N(C)C)[nH]c(=O)c1CCC(=O)N1CC(=O)Nc2ccccc21.Cc1nc(N2CCOCC2)[nH]c(=O)c1CCC(=O)N1CCNc2ccccc21. The Kier molecular flexibility index (Phi) is 18.3. The molecule has 7 heterocycles. The number of aromatic amines is 3. The molecule has 0 unspecified atom stereocenters. The number of aromatic nitrogens is 6. The van der Waals surface area contributed by atoms with Crippen molar-refractivity contribution >= 4 is 75.6 Å². The Morgan fingerprint density at radius 2 is 0.964 bits per heavy atom. The van der Waals surface area contributed by atoms with E-state index in [1.807, 2.05) is 78.6 Å². The number of H-pyrrole nitrogens is 3. The van der Waals surface area contributed by atoms with Gasteiger partial charge in [-0.05, 0) is 76.4 Å². The molecule has 4 aliphatic heterocycles. The van der Waals surface area contributed by atoms with Crippen molar-refractivity contribution in [1.82, 2.24) is 29.9 Å². The zero-order valence-corrected chi connectivity index (χ0v) is 47.0. The summed E-state index contributed by atoms with van der Waals surface area (Å²) >= 11 is 0. The summed E-state index contributed by atoms with van der Waals surface area (Å²) in [4.78, 5) is 130. The molecule has 4 aromatic carbocycles. The molecule has 23 nitrogen and oxygen atoms in total. The average Bonchev–Trinajstić information content (AvgIpc) is 3.61. The molecule has 0 bridgehead atoms. The summed E-state index contributed by atoms with van der Waals surface area (Å²) in [5, 5.41) is 8.82. The van der Waals surface area contributed by atoms with Crippen molar-refractivity contribution < 1.29 is 28.7 Å². The molecule has 1 fully saturated rings. The molecule has 6 N–H and O–H groups in total. The van der Waals surface area contributed by atoms with Gasteiger partial charge in [0.05, 0.1) is 47.3 Å². The fraction of sp³-hybridized carbons (Fsp3) is 0.317. The fourth-order valence-electron chi connectivity index (χ4n) is 10.1. The number of hydrogen-bond donors (Lipinski definition) is 6. The number of carbonyl (C=O) groups excluding carboxylic acids is 5. The molecular formula is C60H66N14O9. The molecule has 0 saturated carbocycles. The highest BCUT2D eigenvalue weighted by atomic mass is 16.5. The van der Waals surface area contributed by atoms with E-state index in [-0.39, 0.29) is 91.4 Å². The minimum Gasteiger partial charge on any atom is -0.382 e.